The van der Waals surface area contributed by atoms with E-state index in [0.29, 0.717) is 12.1 Å². The fourth-order valence-electron chi connectivity index (χ4n) is 3.33. The molecule has 0 fully saturated rings. The van der Waals surface area contributed by atoms with Crippen molar-refractivity contribution >= 4 is 0 Å². The Balaban J connectivity index is 1.69. The zero-order valence-electron chi connectivity index (χ0n) is 12.6. The molecule has 0 saturated carbocycles. The van der Waals surface area contributed by atoms with Crippen molar-refractivity contribution in [2.45, 2.75) is 45.2 Å². The normalized spacial score (nSPS) is 19.6. The molecule has 0 amide bonds. The number of hydrogen-bond donors (Lipinski definition) is 1. The molecule has 106 valence electrons. The summed E-state index contributed by atoms with van der Waals surface area (Å²) < 4.78 is 1.90. The van der Waals surface area contributed by atoms with E-state index < -0.39 is 0 Å². The van der Waals surface area contributed by atoms with Crippen LogP contribution in [0, 0.1) is 6.92 Å². The molecule has 2 atom stereocenters. The van der Waals surface area contributed by atoms with Crippen molar-refractivity contribution in [1.29, 1.82) is 0 Å². The molecule has 1 aromatic heterocycles. The van der Waals surface area contributed by atoms with Crippen molar-refractivity contribution in [3.63, 3.8) is 0 Å². The van der Waals surface area contributed by atoms with Crippen LogP contribution in [0.5, 0.6) is 0 Å². The van der Waals surface area contributed by atoms with Crippen molar-refractivity contribution in [1.82, 2.24) is 15.1 Å². The summed E-state index contributed by atoms with van der Waals surface area (Å²) >= 11 is 0. The molecule has 1 aromatic carbocycles. The smallest absolute Gasteiger partial charge is 0.0641 e. The van der Waals surface area contributed by atoms with E-state index in [1.807, 2.05) is 11.7 Å². The van der Waals surface area contributed by atoms with Crippen LogP contribution in [0.2, 0.25) is 0 Å². The maximum Gasteiger partial charge on any atom is 0.0641 e. The lowest BCUT2D eigenvalue weighted by Crippen LogP contribution is -2.36. The molecular weight excluding hydrogens is 246 g/mol. The molecule has 0 radical (unpaired) electrons. The Morgan fingerprint density at radius 3 is 2.75 bits per heavy atom. The predicted octanol–water partition coefficient (Wildman–Crippen LogP) is 2.94. The zero-order chi connectivity index (χ0) is 14.1. The van der Waals surface area contributed by atoms with Gasteiger partial charge in [-0.1, -0.05) is 24.3 Å². The van der Waals surface area contributed by atoms with E-state index in [1.165, 1.54) is 29.5 Å². The standard InChI is InChI=1S/C17H23N3/c1-12(17-11-20(3)19-13(17)2)18-16-9-8-14-6-4-5-7-15(14)10-16/h4-7,11-12,16,18H,8-10H2,1-3H3. The summed E-state index contributed by atoms with van der Waals surface area (Å²) in [5.41, 5.74) is 5.47. The molecule has 2 unspecified atom stereocenters. The average Bonchev–Trinajstić information content (AvgIpc) is 2.78. The summed E-state index contributed by atoms with van der Waals surface area (Å²) in [5.74, 6) is 0. The van der Waals surface area contributed by atoms with Gasteiger partial charge < -0.3 is 5.32 Å². The van der Waals surface area contributed by atoms with Gasteiger partial charge in [0.2, 0.25) is 0 Å². The second-order valence-electron chi connectivity index (χ2n) is 5.94. The number of aryl methyl sites for hydroxylation is 3. The second-order valence-corrected chi connectivity index (χ2v) is 5.94. The van der Waals surface area contributed by atoms with E-state index in [2.05, 4.69) is 54.7 Å². The van der Waals surface area contributed by atoms with Gasteiger partial charge in [-0.3, -0.25) is 4.68 Å². The third-order valence-electron chi connectivity index (χ3n) is 4.35. The summed E-state index contributed by atoms with van der Waals surface area (Å²) in [6.07, 6.45) is 5.68. The van der Waals surface area contributed by atoms with Gasteiger partial charge in [-0.15, -0.1) is 0 Å². The van der Waals surface area contributed by atoms with Gasteiger partial charge in [0.25, 0.3) is 0 Å². The fourth-order valence-corrected chi connectivity index (χ4v) is 3.33. The maximum absolute atomic E-state index is 4.44. The first-order valence-electron chi connectivity index (χ1n) is 7.46. The molecule has 2 aromatic rings. The van der Waals surface area contributed by atoms with E-state index in [0.717, 1.165) is 12.1 Å². The highest BCUT2D eigenvalue weighted by atomic mass is 15.3. The van der Waals surface area contributed by atoms with E-state index in [4.69, 9.17) is 0 Å². The molecule has 3 heteroatoms. The van der Waals surface area contributed by atoms with Crippen LogP contribution in [0.25, 0.3) is 0 Å². The third kappa shape index (κ3) is 2.63. The summed E-state index contributed by atoms with van der Waals surface area (Å²) in [4.78, 5) is 0. The van der Waals surface area contributed by atoms with Gasteiger partial charge in [0.05, 0.1) is 5.69 Å². The summed E-state index contributed by atoms with van der Waals surface area (Å²) in [6, 6.07) is 9.76. The van der Waals surface area contributed by atoms with Crippen LogP contribution in [0.3, 0.4) is 0 Å². The Morgan fingerprint density at radius 1 is 1.30 bits per heavy atom. The van der Waals surface area contributed by atoms with E-state index >= 15 is 0 Å². The molecule has 0 aliphatic heterocycles. The fraction of sp³-hybridized carbons (Fsp3) is 0.471. The van der Waals surface area contributed by atoms with Crippen LogP contribution in [0.1, 0.15) is 41.8 Å². The summed E-state index contributed by atoms with van der Waals surface area (Å²) in [6.45, 7) is 4.33. The maximum atomic E-state index is 4.44. The van der Waals surface area contributed by atoms with Gasteiger partial charge in [0.15, 0.2) is 0 Å². The zero-order valence-corrected chi connectivity index (χ0v) is 12.6. The number of benzene rings is 1. The lowest BCUT2D eigenvalue weighted by molar-refractivity contribution is 0.413. The van der Waals surface area contributed by atoms with Crippen molar-refractivity contribution in [2.24, 2.45) is 7.05 Å². The van der Waals surface area contributed by atoms with Crippen LogP contribution >= 0.6 is 0 Å². The number of hydrogen-bond acceptors (Lipinski definition) is 2. The lowest BCUT2D eigenvalue weighted by atomic mass is 9.88. The second kappa shape index (κ2) is 5.41. The minimum atomic E-state index is 0.360. The molecule has 1 heterocycles. The molecule has 1 aliphatic carbocycles. The first kappa shape index (κ1) is 13.4. The molecular formula is C17H23N3. The number of fused-ring (bicyclic) bond motifs is 1. The van der Waals surface area contributed by atoms with Crippen LogP contribution in [0.4, 0.5) is 0 Å². The van der Waals surface area contributed by atoms with Gasteiger partial charge in [-0.25, -0.2) is 0 Å². The Morgan fingerprint density at radius 2 is 2.05 bits per heavy atom. The average molecular weight is 269 g/mol. The van der Waals surface area contributed by atoms with Gasteiger partial charge in [0.1, 0.15) is 0 Å². The van der Waals surface area contributed by atoms with Crippen LogP contribution in [0.15, 0.2) is 30.5 Å². The molecule has 1 N–H and O–H groups in total. The van der Waals surface area contributed by atoms with E-state index in [-0.39, 0.29) is 0 Å². The molecule has 3 rings (SSSR count). The van der Waals surface area contributed by atoms with Gasteiger partial charge in [0, 0.05) is 30.9 Å². The van der Waals surface area contributed by atoms with Crippen LogP contribution < -0.4 is 5.32 Å². The Labute approximate surface area is 121 Å². The van der Waals surface area contributed by atoms with Crippen molar-refractivity contribution < 1.29 is 0 Å². The van der Waals surface area contributed by atoms with Crippen molar-refractivity contribution in [3.8, 4) is 0 Å². The van der Waals surface area contributed by atoms with Crippen molar-refractivity contribution in [2.75, 3.05) is 0 Å². The minimum Gasteiger partial charge on any atom is -0.307 e. The molecule has 0 bridgehead atoms. The summed E-state index contributed by atoms with van der Waals surface area (Å²) in [7, 11) is 1.99. The van der Waals surface area contributed by atoms with Crippen LogP contribution in [-0.2, 0) is 19.9 Å². The first-order chi connectivity index (χ1) is 9.63. The highest BCUT2D eigenvalue weighted by Gasteiger charge is 2.21. The van der Waals surface area contributed by atoms with Gasteiger partial charge in [-0.2, -0.15) is 5.10 Å². The number of aromatic nitrogens is 2. The molecule has 3 nitrogen and oxygen atoms in total. The summed E-state index contributed by atoms with van der Waals surface area (Å²) in [5, 5.41) is 8.21. The Kier molecular flexibility index (Phi) is 3.62. The molecule has 20 heavy (non-hydrogen) atoms. The topological polar surface area (TPSA) is 29.9 Å². The van der Waals surface area contributed by atoms with E-state index in [1.54, 1.807) is 0 Å². The highest BCUT2D eigenvalue weighted by Crippen LogP contribution is 2.24. The van der Waals surface area contributed by atoms with Crippen LogP contribution in [-0.4, -0.2) is 15.8 Å². The van der Waals surface area contributed by atoms with Crippen molar-refractivity contribution in [3.05, 3.63) is 52.8 Å². The Hall–Kier alpha value is -1.61. The van der Waals surface area contributed by atoms with Gasteiger partial charge in [-0.05, 0) is 44.2 Å². The number of nitrogens with zero attached hydrogens (tertiary/aromatic N) is 2. The molecule has 1 aliphatic rings. The first-order valence-corrected chi connectivity index (χ1v) is 7.46. The van der Waals surface area contributed by atoms with Gasteiger partial charge >= 0.3 is 0 Å². The highest BCUT2D eigenvalue weighted by molar-refractivity contribution is 5.30. The minimum absolute atomic E-state index is 0.360. The molecule has 0 spiro atoms. The molecule has 0 saturated heterocycles. The Bertz CT molecular complexity index is 600. The lowest BCUT2D eigenvalue weighted by Gasteiger charge is -2.28. The quantitative estimate of drug-likeness (QED) is 0.928. The largest absolute Gasteiger partial charge is 0.307 e. The SMILES string of the molecule is Cc1nn(C)cc1C(C)NC1CCc2ccccc2C1. The number of nitrogens with one attached hydrogen (secondary N) is 1. The third-order valence-corrected chi connectivity index (χ3v) is 4.35. The monoisotopic (exact) mass is 269 g/mol. The van der Waals surface area contributed by atoms with E-state index in [9.17, 15) is 0 Å². The predicted molar refractivity (Wildman–Crippen MR) is 81.8 cm³/mol. The number of rotatable bonds is 3.